The lowest BCUT2D eigenvalue weighted by molar-refractivity contribution is 0.00578. The first-order valence-corrected chi connectivity index (χ1v) is 17.0. The summed E-state index contributed by atoms with van der Waals surface area (Å²) in [4.78, 5) is 2.82. The van der Waals surface area contributed by atoms with Crippen molar-refractivity contribution in [3.05, 3.63) is 71.8 Å². The van der Waals surface area contributed by atoms with Gasteiger partial charge in [0.2, 0.25) is 0 Å². The van der Waals surface area contributed by atoms with Crippen molar-refractivity contribution in [3.63, 3.8) is 0 Å². The van der Waals surface area contributed by atoms with Gasteiger partial charge in [-0.3, -0.25) is 4.90 Å². The quantitative estimate of drug-likeness (QED) is 0.254. The standard InChI is InChI=1S/C31H50BNO2Si/c1-9-19-28(32-34-30(5,6)31(7,8)35-32)29(36(10-2,11-3)12-4)33(24-26-20-15-13-16-21-26)25-27-22-17-14-18-23-27/h13-18,20-23,28-29H,9-12,19,24-25H2,1-8H3/t28-,29-/m1/s1. The summed E-state index contributed by atoms with van der Waals surface area (Å²) in [5.74, 6) is 0.343. The molecule has 2 atom stereocenters. The summed E-state index contributed by atoms with van der Waals surface area (Å²) in [7, 11) is -1.89. The Hall–Kier alpha value is -1.40. The van der Waals surface area contributed by atoms with Crippen molar-refractivity contribution in [2.45, 2.75) is 122 Å². The highest BCUT2D eigenvalue weighted by Gasteiger charge is 2.57. The molecule has 1 aliphatic heterocycles. The normalized spacial score (nSPS) is 19.0. The molecule has 5 heteroatoms. The number of hydrogen-bond donors (Lipinski definition) is 0. The first kappa shape index (κ1) is 29.2. The van der Waals surface area contributed by atoms with E-state index in [9.17, 15) is 0 Å². The maximum absolute atomic E-state index is 6.81. The first-order valence-electron chi connectivity index (χ1n) is 14.3. The summed E-state index contributed by atoms with van der Waals surface area (Å²) < 4.78 is 13.6. The molecule has 0 unspecified atom stereocenters. The Kier molecular flexibility index (Phi) is 10.1. The Labute approximate surface area is 223 Å². The van der Waals surface area contributed by atoms with Crippen molar-refractivity contribution >= 4 is 15.2 Å². The van der Waals surface area contributed by atoms with E-state index in [1.807, 2.05) is 0 Å². The molecule has 198 valence electrons. The molecule has 0 bridgehead atoms. The lowest BCUT2D eigenvalue weighted by atomic mass is 9.68. The second kappa shape index (κ2) is 12.4. The van der Waals surface area contributed by atoms with Crippen molar-refractivity contribution in [3.8, 4) is 0 Å². The van der Waals surface area contributed by atoms with Gasteiger partial charge in [-0.1, -0.05) is 119 Å². The molecule has 0 N–H and O–H groups in total. The maximum Gasteiger partial charge on any atom is 0.462 e. The molecular weight excluding hydrogens is 457 g/mol. The van der Waals surface area contributed by atoms with Crippen molar-refractivity contribution in [1.82, 2.24) is 4.90 Å². The largest absolute Gasteiger partial charge is 0.462 e. The van der Waals surface area contributed by atoms with E-state index < -0.39 is 8.07 Å². The second-order valence-electron chi connectivity index (χ2n) is 11.8. The van der Waals surface area contributed by atoms with Crippen LogP contribution >= 0.6 is 0 Å². The minimum Gasteiger partial charge on any atom is -0.403 e. The number of rotatable bonds is 13. The van der Waals surface area contributed by atoms with Gasteiger partial charge in [-0.2, -0.15) is 0 Å². The van der Waals surface area contributed by atoms with Gasteiger partial charge >= 0.3 is 7.12 Å². The second-order valence-corrected chi connectivity index (χ2v) is 17.3. The lowest BCUT2D eigenvalue weighted by Gasteiger charge is -2.49. The summed E-state index contributed by atoms with van der Waals surface area (Å²) in [6, 6.07) is 25.9. The zero-order chi connectivity index (χ0) is 26.4. The van der Waals surface area contributed by atoms with Crippen LogP contribution in [0.3, 0.4) is 0 Å². The highest BCUT2D eigenvalue weighted by Crippen LogP contribution is 2.46. The van der Waals surface area contributed by atoms with Crippen LogP contribution in [0.5, 0.6) is 0 Å². The number of benzene rings is 2. The topological polar surface area (TPSA) is 21.7 Å². The molecule has 3 nitrogen and oxygen atoms in total. The van der Waals surface area contributed by atoms with Gasteiger partial charge in [-0.25, -0.2) is 0 Å². The zero-order valence-electron chi connectivity index (χ0n) is 24.2. The number of hydrogen-bond acceptors (Lipinski definition) is 3. The van der Waals surface area contributed by atoms with E-state index in [4.69, 9.17) is 9.31 Å². The van der Waals surface area contributed by atoms with Crippen LogP contribution in [0.25, 0.3) is 0 Å². The van der Waals surface area contributed by atoms with E-state index in [-0.39, 0.29) is 18.3 Å². The van der Waals surface area contributed by atoms with Gasteiger partial charge in [-0.15, -0.1) is 0 Å². The molecule has 2 aromatic carbocycles. The van der Waals surface area contributed by atoms with Crippen LogP contribution < -0.4 is 0 Å². The molecule has 0 aliphatic carbocycles. The van der Waals surface area contributed by atoms with Gasteiger partial charge < -0.3 is 9.31 Å². The van der Waals surface area contributed by atoms with Gasteiger partial charge in [0.15, 0.2) is 0 Å². The van der Waals surface area contributed by atoms with Crippen LogP contribution in [0.1, 0.15) is 79.4 Å². The van der Waals surface area contributed by atoms with E-state index >= 15 is 0 Å². The molecule has 0 aromatic heterocycles. The van der Waals surface area contributed by atoms with Crippen molar-refractivity contribution < 1.29 is 9.31 Å². The molecule has 36 heavy (non-hydrogen) atoms. The van der Waals surface area contributed by atoms with Gasteiger partial charge in [0, 0.05) is 24.6 Å². The monoisotopic (exact) mass is 507 g/mol. The molecule has 1 heterocycles. The Morgan fingerprint density at radius 2 is 1.14 bits per heavy atom. The Morgan fingerprint density at radius 3 is 1.50 bits per heavy atom. The molecule has 0 spiro atoms. The first-order chi connectivity index (χ1) is 17.1. The van der Waals surface area contributed by atoms with Crippen molar-refractivity contribution in [1.29, 1.82) is 0 Å². The highest BCUT2D eigenvalue weighted by molar-refractivity contribution is 6.82. The predicted octanol–water partition coefficient (Wildman–Crippen LogP) is 8.37. The highest BCUT2D eigenvalue weighted by atomic mass is 28.3. The van der Waals surface area contributed by atoms with Crippen LogP contribution in [-0.2, 0) is 22.4 Å². The average molecular weight is 508 g/mol. The Morgan fingerprint density at radius 1 is 0.722 bits per heavy atom. The van der Waals surface area contributed by atoms with Gasteiger partial charge in [-0.05, 0) is 38.8 Å². The van der Waals surface area contributed by atoms with Gasteiger partial charge in [0.1, 0.15) is 0 Å². The van der Waals surface area contributed by atoms with Crippen LogP contribution in [-0.4, -0.2) is 37.0 Å². The van der Waals surface area contributed by atoms with Crippen LogP contribution in [0.2, 0.25) is 23.9 Å². The van der Waals surface area contributed by atoms with Crippen molar-refractivity contribution in [2.24, 2.45) is 0 Å². The molecule has 0 saturated carbocycles. The predicted molar refractivity (Wildman–Crippen MR) is 158 cm³/mol. The summed E-state index contributed by atoms with van der Waals surface area (Å²) in [6.45, 7) is 20.3. The average Bonchev–Trinajstić information content (AvgIpc) is 3.09. The molecular formula is C31H50BNO2Si. The fourth-order valence-electron chi connectivity index (χ4n) is 6.22. The summed E-state index contributed by atoms with van der Waals surface area (Å²) in [5, 5.41) is 0. The van der Waals surface area contributed by atoms with E-state index in [0.29, 0.717) is 11.5 Å². The summed E-state index contributed by atoms with van der Waals surface area (Å²) in [6.07, 6.45) is 2.26. The minimum atomic E-state index is -1.71. The molecule has 0 amide bonds. The lowest BCUT2D eigenvalue weighted by Crippen LogP contribution is -2.60. The fourth-order valence-corrected chi connectivity index (χ4v) is 11.2. The van der Waals surface area contributed by atoms with E-state index in [2.05, 4.69) is 121 Å². The third-order valence-corrected chi connectivity index (χ3v) is 15.5. The number of nitrogens with zero attached hydrogens (tertiary/aromatic N) is 1. The Balaban J connectivity index is 2.13. The smallest absolute Gasteiger partial charge is 0.403 e. The van der Waals surface area contributed by atoms with Gasteiger partial charge in [0.25, 0.3) is 0 Å². The molecule has 1 aliphatic rings. The van der Waals surface area contributed by atoms with E-state index in [1.54, 1.807) is 0 Å². The molecule has 1 fully saturated rings. The molecule has 1 saturated heterocycles. The van der Waals surface area contributed by atoms with E-state index in [1.165, 1.54) is 29.3 Å². The van der Waals surface area contributed by atoms with E-state index in [0.717, 1.165) is 25.9 Å². The summed E-state index contributed by atoms with van der Waals surface area (Å²) in [5.41, 5.74) is 2.61. The zero-order valence-corrected chi connectivity index (χ0v) is 25.2. The summed E-state index contributed by atoms with van der Waals surface area (Å²) >= 11 is 0. The maximum atomic E-state index is 6.81. The van der Waals surface area contributed by atoms with Crippen LogP contribution in [0.4, 0.5) is 0 Å². The third kappa shape index (κ3) is 6.35. The van der Waals surface area contributed by atoms with Crippen LogP contribution in [0.15, 0.2) is 60.7 Å². The molecule has 2 aromatic rings. The fraction of sp³-hybridized carbons (Fsp3) is 0.613. The third-order valence-electron chi connectivity index (χ3n) is 9.24. The van der Waals surface area contributed by atoms with Crippen LogP contribution in [0, 0.1) is 0 Å². The van der Waals surface area contributed by atoms with Gasteiger partial charge in [0.05, 0.1) is 19.3 Å². The molecule has 0 radical (unpaired) electrons. The minimum absolute atomic E-state index is 0.175. The van der Waals surface area contributed by atoms with Crippen molar-refractivity contribution in [2.75, 3.05) is 0 Å². The SMILES string of the molecule is CCC[C@@H](B1OC(C)(C)C(C)(C)O1)[C@H](N(Cc1ccccc1)Cc1ccccc1)[Si](CC)(CC)CC. The molecule has 3 rings (SSSR count). The Bertz CT molecular complexity index is 851.